The van der Waals surface area contributed by atoms with Crippen LogP contribution in [-0.4, -0.2) is 18.4 Å². The average Bonchev–Trinajstić information content (AvgIpc) is 2.77. The van der Waals surface area contributed by atoms with Crippen molar-refractivity contribution in [3.63, 3.8) is 0 Å². The van der Waals surface area contributed by atoms with Gasteiger partial charge in [-0.2, -0.15) is 0 Å². The van der Waals surface area contributed by atoms with Crippen molar-refractivity contribution >= 4 is 11.5 Å². The molecule has 1 aromatic carbocycles. The van der Waals surface area contributed by atoms with E-state index >= 15 is 0 Å². The molecule has 1 fully saturated rings. The van der Waals surface area contributed by atoms with Gasteiger partial charge in [0.05, 0.1) is 5.69 Å². The number of halogens is 1. The Morgan fingerprint density at radius 2 is 2.17 bits per heavy atom. The molecule has 1 unspecified atom stereocenters. The summed E-state index contributed by atoms with van der Waals surface area (Å²) in [5, 5.41) is 0. The largest absolute Gasteiger partial charge is 0.366 e. The fourth-order valence-corrected chi connectivity index (χ4v) is 2.74. The lowest BCUT2D eigenvalue weighted by molar-refractivity contribution is 0.101. The molecule has 0 aromatic heterocycles. The molecule has 0 saturated carbocycles. The fraction of sp³-hybridized carbons (Fsp3) is 0.533. The van der Waals surface area contributed by atoms with Crippen molar-refractivity contribution in [3.8, 4) is 0 Å². The van der Waals surface area contributed by atoms with Gasteiger partial charge in [-0.3, -0.25) is 4.79 Å². The van der Waals surface area contributed by atoms with E-state index in [0.717, 1.165) is 19.4 Å². The van der Waals surface area contributed by atoms with E-state index in [0.29, 0.717) is 23.2 Å². The van der Waals surface area contributed by atoms with Crippen LogP contribution in [0.1, 0.15) is 44.0 Å². The number of anilines is 1. The predicted octanol–water partition coefficient (Wildman–Crippen LogP) is 3.65. The summed E-state index contributed by atoms with van der Waals surface area (Å²) in [6, 6.07) is 5.22. The molecule has 3 heteroatoms. The third-order valence-corrected chi connectivity index (χ3v) is 3.73. The third kappa shape index (κ3) is 2.40. The monoisotopic (exact) mass is 249 g/mol. The van der Waals surface area contributed by atoms with E-state index in [4.69, 9.17) is 0 Å². The Kier molecular flexibility index (Phi) is 3.69. The van der Waals surface area contributed by atoms with Gasteiger partial charge in [-0.1, -0.05) is 13.8 Å². The van der Waals surface area contributed by atoms with Crippen molar-refractivity contribution < 1.29 is 9.18 Å². The topological polar surface area (TPSA) is 20.3 Å². The fourth-order valence-electron chi connectivity index (χ4n) is 2.74. The number of hydrogen-bond donors (Lipinski definition) is 0. The maximum absolute atomic E-state index is 14.1. The van der Waals surface area contributed by atoms with Gasteiger partial charge in [0.2, 0.25) is 0 Å². The van der Waals surface area contributed by atoms with Gasteiger partial charge in [0.1, 0.15) is 5.82 Å². The highest BCUT2D eigenvalue weighted by Gasteiger charge is 2.28. The molecule has 0 N–H and O–H groups in total. The lowest BCUT2D eigenvalue weighted by atomic mass is 10.0. The molecule has 1 aromatic rings. The maximum Gasteiger partial charge on any atom is 0.159 e. The van der Waals surface area contributed by atoms with Crippen LogP contribution in [-0.2, 0) is 0 Å². The van der Waals surface area contributed by atoms with E-state index in [2.05, 4.69) is 18.7 Å². The molecular formula is C15H20FNO. The van der Waals surface area contributed by atoms with Crippen molar-refractivity contribution in [2.75, 3.05) is 11.4 Å². The molecule has 98 valence electrons. The van der Waals surface area contributed by atoms with Gasteiger partial charge < -0.3 is 4.90 Å². The second-order valence-corrected chi connectivity index (χ2v) is 5.37. The highest BCUT2D eigenvalue weighted by Crippen LogP contribution is 2.31. The van der Waals surface area contributed by atoms with Gasteiger partial charge in [-0.25, -0.2) is 4.39 Å². The van der Waals surface area contributed by atoms with Crippen molar-refractivity contribution in [1.29, 1.82) is 0 Å². The highest BCUT2D eigenvalue weighted by atomic mass is 19.1. The molecule has 0 aliphatic carbocycles. The Morgan fingerprint density at radius 3 is 2.72 bits per heavy atom. The van der Waals surface area contributed by atoms with E-state index in [1.165, 1.54) is 13.0 Å². The lowest BCUT2D eigenvalue weighted by Crippen LogP contribution is -2.33. The van der Waals surface area contributed by atoms with Crippen LogP contribution in [0.15, 0.2) is 18.2 Å². The molecule has 0 radical (unpaired) electrons. The predicted molar refractivity (Wildman–Crippen MR) is 71.6 cm³/mol. The maximum atomic E-state index is 14.1. The Morgan fingerprint density at radius 1 is 1.44 bits per heavy atom. The number of benzene rings is 1. The molecule has 0 bridgehead atoms. The molecule has 1 aliphatic rings. The minimum Gasteiger partial charge on any atom is -0.366 e. The van der Waals surface area contributed by atoms with Crippen molar-refractivity contribution in [3.05, 3.63) is 29.6 Å². The zero-order valence-corrected chi connectivity index (χ0v) is 11.2. The lowest BCUT2D eigenvalue weighted by Gasteiger charge is -2.30. The zero-order valence-electron chi connectivity index (χ0n) is 11.2. The SMILES string of the molecule is CC(=O)c1ccc(N2CCCC2C(C)C)c(F)c1. The second-order valence-electron chi connectivity index (χ2n) is 5.37. The van der Waals surface area contributed by atoms with Gasteiger partial charge >= 0.3 is 0 Å². The van der Waals surface area contributed by atoms with Gasteiger partial charge in [0, 0.05) is 18.2 Å². The number of ketones is 1. The Labute approximate surface area is 108 Å². The van der Waals surface area contributed by atoms with E-state index in [-0.39, 0.29) is 11.6 Å². The van der Waals surface area contributed by atoms with Crippen molar-refractivity contribution in [1.82, 2.24) is 0 Å². The second kappa shape index (κ2) is 5.09. The first kappa shape index (κ1) is 13.1. The molecule has 0 amide bonds. The summed E-state index contributed by atoms with van der Waals surface area (Å²) in [6.07, 6.45) is 2.22. The number of rotatable bonds is 3. The van der Waals surface area contributed by atoms with E-state index < -0.39 is 0 Å². The van der Waals surface area contributed by atoms with Crippen molar-refractivity contribution in [2.45, 2.75) is 39.7 Å². The first-order valence-corrected chi connectivity index (χ1v) is 6.58. The molecule has 1 aliphatic heterocycles. The van der Waals surface area contributed by atoms with Crippen LogP contribution < -0.4 is 4.90 Å². The normalized spacial score (nSPS) is 19.6. The van der Waals surface area contributed by atoms with Crippen LogP contribution in [0.2, 0.25) is 0 Å². The quantitative estimate of drug-likeness (QED) is 0.762. The van der Waals surface area contributed by atoms with Crippen molar-refractivity contribution in [2.24, 2.45) is 5.92 Å². The van der Waals surface area contributed by atoms with Crippen LogP contribution in [0.3, 0.4) is 0 Å². The Bertz CT molecular complexity index is 456. The van der Waals surface area contributed by atoms with Crippen LogP contribution in [0.4, 0.5) is 10.1 Å². The number of hydrogen-bond acceptors (Lipinski definition) is 2. The number of Topliss-reactive ketones (excluding diaryl/α,β-unsaturated/α-hetero) is 1. The Balaban J connectivity index is 2.31. The van der Waals surface area contributed by atoms with E-state index in [1.807, 2.05) is 0 Å². The first-order chi connectivity index (χ1) is 8.50. The zero-order chi connectivity index (χ0) is 13.3. The molecule has 0 spiro atoms. The van der Waals surface area contributed by atoms with Crippen LogP contribution in [0, 0.1) is 11.7 Å². The summed E-state index contributed by atoms with van der Waals surface area (Å²) in [7, 11) is 0. The average molecular weight is 249 g/mol. The van der Waals surface area contributed by atoms with E-state index in [9.17, 15) is 9.18 Å². The third-order valence-electron chi connectivity index (χ3n) is 3.73. The molecule has 18 heavy (non-hydrogen) atoms. The molecular weight excluding hydrogens is 229 g/mol. The molecule has 1 atom stereocenters. The summed E-state index contributed by atoms with van der Waals surface area (Å²) in [6.45, 7) is 6.70. The van der Waals surface area contributed by atoms with Crippen LogP contribution in [0.5, 0.6) is 0 Å². The van der Waals surface area contributed by atoms with Gasteiger partial charge in [-0.15, -0.1) is 0 Å². The summed E-state index contributed by atoms with van der Waals surface area (Å²) in [4.78, 5) is 13.4. The number of nitrogens with zero attached hydrogens (tertiary/aromatic N) is 1. The Hall–Kier alpha value is -1.38. The number of carbonyl (C=O) groups excluding carboxylic acids is 1. The minimum atomic E-state index is -0.282. The minimum absolute atomic E-state index is 0.0951. The molecule has 1 heterocycles. The van der Waals surface area contributed by atoms with E-state index in [1.54, 1.807) is 12.1 Å². The summed E-state index contributed by atoms with van der Waals surface area (Å²) in [5.41, 5.74) is 1.08. The molecule has 2 rings (SSSR count). The summed E-state index contributed by atoms with van der Waals surface area (Å²) in [5.74, 6) is 0.136. The highest BCUT2D eigenvalue weighted by molar-refractivity contribution is 5.94. The smallest absolute Gasteiger partial charge is 0.159 e. The number of carbonyl (C=O) groups is 1. The summed E-state index contributed by atoms with van der Waals surface area (Å²) < 4.78 is 14.1. The standard InChI is InChI=1S/C15H20FNO/c1-10(2)14-5-4-8-17(14)15-7-6-12(11(3)18)9-13(15)16/h6-7,9-10,14H,4-5,8H2,1-3H3. The van der Waals surface area contributed by atoms with Gasteiger partial charge in [0.25, 0.3) is 0 Å². The van der Waals surface area contributed by atoms with Crippen LogP contribution in [0.25, 0.3) is 0 Å². The molecule has 2 nitrogen and oxygen atoms in total. The van der Waals surface area contributed by atoms with Crippen LogP contribution >= 0.6 is 0 Å². The van der Waals surface area contributed by atoms with Gasteiger partial charge in [-0.05, 0) is 43.9 Å². The molecule has 1 saturated heterocycles. The van der Waals surface area contributed by atoms with Gasteiger partial charge in [0.15, 0.2) is 5.78 Å². The first-order valence-electron chi connectivity index (χ1n) is 6.58. The summed E-state index contributed by atoms with van der Waals surface area (Å²) >= 11 is 0.